The van der Waals surface area contributed by atoms with E-state index in [0.29, 0.717) is 83.6 Å². The molecule has 7 rings (SSSR count). The maximum Gasteiger partial charge on any atom is 0.328 e. The van der Waals surface area contributed by atoms with Crippen LogP contribution in [0.1, 0.15) is 124 Å². The number of hydrogen-bond donors (Lipinski definition) is 5. The van der Waals surface area contributed by atoms with E-state index in [2.05, 4.69) is 105 Å². The fourth-order valence-electron chi connectivity index (χ4n) is 10.6. The van der Waals surface area contributed by atoms with Crippen LogP contribution < -0.4 is 65.4 Å². The van der Waals surface area contributed by atoms with Crippen molar-refractivity contribution in [2.45, 2.75) is 121 Å². The Bertz CT molecular complexity index is 4540. The first-order valence-electron chi connectivity index (χ1n) is 37.2. The third-order valence-electron chi connectivity index (χ3n) is 17.2. The van der Waals surface area contributed by atoms with Crippen molar-refractivity contribution in [1.82, 2.24) is 25.3 Å². The topological polar surface area (TPSA) is 298 Å². The highest BCUT2D eigenvalue weighted by molar-refractivity contribution is 6.00. The van der Waals surface area contributed by atoms with Crippen LogP contribution in [0.5, 0.6) is 46.0 Å². The van der Waals surface area contributed by atoms with Gasteiger partial charge in [-0.05, 0) is 142 Å². The summed E-state index contributed by atoms with van der Waals surface area (Å²) < 4.78 is 78.1. The number of nitrogens with one attached hydrogen (secondary N) is 5. The van der Waals surface area contributed by atoms with Gasteiger partial charge in [-0.25, -0.2) is 4.79 Å². The smallest absolute Gasteiger partial charge is 0.328 e. The average Bonchev–Trinajstić information content (AvgIpc) is 0.793. The second-order valence-corrected chi connectivity index (χ2v) is 27.6. The lowest BCUT2D eigenvalue weighted by atomic mass is 10.0. The number of carbonyl (C=O) groups is 2. The van der Waals surface area contributed by atoms with Crippen molar-refractivity contribution in [3.05, 3.63) is 162 Å². The van der Waals surface area contributed by atoms with Gasteiger partial charge in [0.15, 0.2) is 0 Å². The molecule has 0 spiro atoms. The Morgan fingerprint density at radius 1 is 0.385 bits per heavy atom. The van der Waals surface area contributed by atoms with Crippen molar-refractivity contribution in [2.24, 2.45) is 23.7 Å². The molecule has 0 saturated heterocycles. The summed E-state index contributed by atoms with van der Waals surface area (Å²) in [6, 6.07) is 33.3. The number of rotatable bonds is 38. The molecular formula is C85H107N5O19. The van der Waals surface area contributed by atoms with Crippen LogP contribution in [0.4, 0.5) is 0 Å². The number of benzene rings is 6. The monoisotopic (exact) mass is 1500 g/mol. The van der Waals surface area contributed by atoms with Crippen LogP contribution >= 0.6 is 0 Å². The first kappa shape index (κ1) is 85.7. The molecule has 0 aliphatic rings. The minimum atomic E-state index is -1.02. The van der Waals surface area contributed by atoms with Crippen molar-refractivity contribution >= 4 is 77.0 Å². The summed E-state index contributed by atoms with van der Waals surface area (Å²) in [6.45, 7) is 24.6. The van der Waals surface area contributed by atoms with Gasteiger partial charge in [0.1, 0.15) is 78.5 Å². The molecule has 1 amide bonds. The summed E-state index contributed by atoms with van der Waals surface area (Å²) in [6.07, 6.45) is 4.67. The number of unbranched alkanes of at least 4 members (excludes halogenated alkanes) is 1. The maximum absolute atomic E-state index is 15.4. The Hall–Kier alpha value is -10.5. The van der Waals surface area contributed by atoms with Gasteiger partial charge in [0.05, 0.1) is 105 Å². The Balaban J connectivity index is 1.66. The van der Waals surface area contributed by atoms with E-state index in [1.807, 2.05) is 6.92 Å². The first-order chi connectivity index (χ1) is 52.4. The minimum Gasteiger partial charge on any atom is -0.495 e. The predicted molar refractivity (Wildman–Crippen MR) is 425 cm³/mol. The van der Waals surface area contributed by atoms with Crippen molar-refractivity contribution in [3.63, 3.8) is 0 Å². The summed E-state index contributed by atoms with van der Waals surface area (Å²) in [5.41, 5.74) is -1.94. The molecule has 6 aromatic carbocycles. The molecule has 1 aromatic heterocycles. The number of aromatic amines is 4. The molecule has 0 aliphatic heterocycles. The number of hydrogen-bond acceptors (Lipinski definition) is 19. The van der Waals surface area contributed by atoms with Crippen LogP contribution in [0.3, 0.4) is 0 Å². The van der Waals surface area contributed by atoms with Gasteiger partial charge in [0.2, 0.25) is 0 Å². The number of aromatic nitrogens is 4. The largest absolute Gasteiger partial charge is 0.495 e. The fraction of sp³-hybridized carbons (Fsp3) is 0.459. The number of amides is 1. The van der Waals surface area contributed by atoms with Gasteiger partial charge in [0.25, 0.3) is 28.1 Å². The van der Waals surface area contributed by atoms with Gasteiger partial charge < -0.3 is 86.8 Å². The Labute approximate surface area is 637 Å². The number of carbonyl (C=O) groups excluding carboxylic acids is 2. The van der Waals surface area contributed by atoms with Crippen molar-refractivity contribution in [2.75, 3.05) is 114 Å². The van der Waals surface area contributed by atoms with E-state index in [0.717, 1.165) is 32.1 Å². The third kappa shape index (κ3) is 26.7. The van der Waals surface area contributed by atoms with Gasteiger partial charge in [-0.1, -0.05) is 93.0 Å². The second-order valence-electron chi connectivity index (χ2n) is 27.6. The van der Waals surface area contributed by atoms with Crippen LogP contribution in [-0.2, 0) is 28.5 Å². The number of H-pyrrole nitrogens is 4. The van der Waals surface area contributed by atoms with Crippen molar-refractivity contribution in [1.29, 1.82) is 0 Å². The van der Waals surface area contributed by atoms with Crippen LogP contribution in [0, 0.1) is 54.9 Å². The normalized spacial score (nSPS) is 11.4. The maximum atomic E-state index is 15.4. The molecule has 12 bridgehead atoms. The van der Waals surface area contributed by atoms with E-state index < -0.39 is 40.2 Å². The molecule has 0 aliphatic carbocycles. The molecule has 586 valence electrons. The zero-order chi connectivity index (χ0) is 78.9. The number of ether oxygens (including phenoxy) is 13. The van der Waals surface area contributed by atoms with E-state index >= 15 is 19.2 Å². The van der Waals surface area contributed by atoms with E-state index in [1.165, 1.54) is 71.8 Å². The average molecular weight is 1500 g/mol. The van der Waals surface area contributed by atoms with Gasteiger partial charge in [-0.3, -0.25) is 24.0 Å². The molecule has 7 aromatic rings. The molecule has 0 saturated carbocycles. The fourth-order valence-corrected chi connectivity index (χ4v) is 10.6. The SMILES string of the molecule is CCCCOC(=O)[C@H](C)NC(=O)c1cc2c#cc3ccc(OC)c(c3)[nH]c(=O)c3cc(c(OCCOCCC(C)C)cc3OCCOCCC(C)C)c(=O)[nH]c3cc([nH]c(=O)c4cc(c(OCCOCCC(C)C)cc4OCCOCCC(C)C)c(=O)[nH]c4cc(c#cc(c1)c2C)ccc4OC)c(OC)cc3OC. The summed E-state index contributed by atoms with van der Waals surface area (Å²) in [5.74, 6) is 1.11. The molecule has 0 unspecified atom stereocenters. The zero-order valence-electron chi connectivity index (χ0n) is 65.7. The molecule has 109 heavy (non-hydrogen) atoms. The minimum absolute atomic E-state index is 0.00275. The van der Waals surface area contributed by atoms with Crippen LogP contribution in [0.2, 0.25) is 0 Å². The predicted octanol–water partition coefficient (Wildman–Crippen LogP) is 14.2. The van der Waals surface area contributed by atoms with Crippen LogP contribution in [0.15, 0.2) is 104 Å². The number of esters is 1. The molecule has 0 fully saturated rings. The summed E-state index contributed by atoms with van der Waals surface area (Å²) in [4.78, 5) is 100. The van der Waals surface area contributed by atoms with E-state index in [4.69, 9.17) is 61.6 Å². The first-order valence-corrected chi connectivity index (χ1v) is 37.2. The highest BCUT2D eigenvalue weighted by atomic mass is 16.6. The Morgan fingerprint density at radius 3 is 1.04 bits per heavy atom. The molecule has 1 heterocycles. The molecule has 24 heteroatoms. The van der Waals surface area contributed by atoms with Gasteiger partial charge >= 0.3 is 5.97 Å². The van der Waals surface area contributed by atoms with E-state index in [-0.39, 0.29) is 155 Å². The van der Waals surface area contributed by atoms with Gasteiger partial charge in [-0.15, -0.1) is 0 Å². The van der Waals surface area contributed by atoms with E-state index in [1.54, 1.807) is 55.5 Å². The second kappa shape index (κ2) is 44.1. The quantitative estimate of drug-likeness (QED) is 0.0177. The highest BCUT2D eigenvalue weighted by Gasteiger charge is 2.20. The number of aryl methyl sites for hydroxylation is 1. The van der Waals surface area contributed by atoms with Gasteiger partial charge in [0, 0.05) is 71.7 Å². The van der Waals surface area contributed by atoms with Gasteiger partial charge in [-0.2, -0.15) is 0 Å². The Morgan fingerprint density at radius 2 is 0.716 bits per heavy atom. The number of fused-ring (bicyclic) bond motifs is 12. The summed E-state index contributed by atoms with van der Waals surface area (Å²) >= 11 is 0. The zero-order valence-corrected chi connectivity index (χ0v) is 65.7. The van der Waals surface area contributed by atoms with E-state index in [9.17, 15) is 9.59 Å². The lowest BCUT2D eigenvalue weighted by molar-refractivity contribution is -0.145. The highest BCUT2D eigenvalue weighted by Crippen LogP contribution is 2.32. The lowest BCUT2D eigenvalue weighted by Gasteiger charge is -2.13. The summed E-state index contributed by atoms with van der Waals surface area (Å²) in [7, 11) is 5.66. The lowest BCUT2D eigenvalue weighted by Crippen LogP contribution is -2.39. The number of methoxy groups -OCH3 is 4. The molecular weight excluding hydrogens is 1390 g/mol. The third-order valence-corrected chi connectivity index (χ3v) is 17.2. The van der Waals surface area contributed by atoms with Crippen molar-refractivity contribution < 1.29 is 71.2 Å². The molecule has 24 nitrogen and oxygen atoms in total. The Kier molecular flexibility index (Phi) is 34.7. The molecule has 0 radical (unpaired) electrons. The standard InChI is InChI=1S/C85H107N5O19/c1-16-17-30-109-85(96)58(11)86-80(91)63-45-61-22-18-59-20-24-72(97-12)68(43-59)87-81(92)64-47-66(76(107-41-37-103-33-28-55(6)7)50-74(64)105-39-35-101-31-26-53(2)3)83(94)89-70-49-71(79(100-15)52-78(70)99-14)90-84(95)67-48-65(82(93)88-69-44-60(21-25-73(69)98-13)19-23-62(46-63)57(61)10)75(106-40-36-102-32-27-54(4)5)51-77(67)108-42-38-104-34-29-56(8)9/h20-21,24-25,43-56,58H,16-17,26-42H2,1-15H3,(H,86,91)(H,87,92)(H,88,93)(H,89,94)(H,90,95)/t58-/m0/s1. The molecule has 5 N–H and O–H groups in total. The van der Waals surface area contributed by atoms with Crippen LogP contribution in [-0.4, -0.2) is 152 Å². The summed E-state index contributed by atoms with van der Waals surface area (Å²) in [5, 5.41) is 3.85. The molecule has 1 atom stereocenters. The van der Waals surface area contributed by atoms with Crippen molar-refractivity contribution in [3.8, 4) is 46.0 Å². The van der Waals surface area contributed by atoms with Crippen LogP contribution in [0.25, 0.3) is 65.2 Å².